The Morgan fingerprint density at radius 3 is 2.50 bits per heavy atom. The number of ether oxygens (including phenoxy) is 2. The summed E-state index contributed by atoms with van der Waals surface area (Å²) < 4.78 is 11.4. The van der Waals surface area contributed by atoms with Gasteiger partial charge in [0.05, 0.1) is 29.6 Å². The van der Waals surface area contributed by atoms with E-state index in [1.165, 1.54) is 6.08 Å². The van der Waals surface area contributed by atoms with Crippen molar-refractivity contribution in [2.45, 2.75) is 25.4 Å². The molecule has 0 heterocycles. The summed E-state index contributed by atoms with van der Waals surface area (Å²) in [6.07, 6.45) is 3.52. The number of para-hydroxylation sites is 3. The van der Waals surface area contributed by atoms with Gasteiger partial charge < -0.3 is 25.6 Å². The van der Waals surface area contributed by atoms with Crippen LogP contribution in [0.15, 0.2) is 84.9 Å². The van der Waals surface area contributed by atoms with Crippen LogP contribution < -0.4 is 21.1 Å². The van der Waals surface area contributed by atoms with Crippen LogP contribution in [0, 0.1) is 11.3 Å². The predicted octanol–water partition coefficient (Wildman–Crippen LogP) is 5.17. The lowest BCUT2D eigenvalue weighted by Gasteiger charge is -2.21. The maximum atomic E-state index is 12.7. The number of amides is 2. The number of benzene rings is 3. The van der Waals surface area contributed by atoms with Gasteiger partial charge in [-0.3, -0.25) is 10.1 Å². The highest BCUT2D eigenvalue weighted by Gasteiger charge is 2.20. The highest BCUT2D eigenvalue weighted by atomic mass is 16.6. The summed E-state index contributed by atoms with van der Waals surface area (Å²) in [6, 6.07) is 22.6. The van der Waals surface area contributed by atoms with Gasteiger partial charge in [0.15, 0.2) is 0 Å². The molecule has 196 valence electrons. The predicted molar refractivity (Wildman–Crippen MR) is 145 cm³/mol. The molecular weight excluding hydrogens is 484 g/mol. The van der Waals surface area contributed by atoms with E-state index in [0.29, 0.717) is 53.2 Å². The number of carbonyl (C=O) groups is 2. The summed E-state index contributed by atoms with van der Waals surface area (Å²) in [4.78, 5) is 24.9. The SMILES string of the molecule is N#Cc1ccc(NC(=O)O[C@H](CCC/C=C/C(=O)Nc2ccccc2N)c2ccccc2OCCO)cc1. The molecule has 3 rings (SSSR count). The quantitative estimate of drug-likeness (QED) is 0.148. The topological polar surface area (TPSA) is 147 Å². The first kappa shape index (κ1) is 27.8. The second kappa shape index (κ2) is 14.7. The molecule has 9 heteroatoms. The third kappa shape index (κ3) is 8.69. The molecule has 0 aliphatic heterocycles. The highest BCUT2D eigenvalue weighted by Crippen LogP contribution is 2.32. The summed E-state index contributed by atoms with van der Waals surface area (Å²) in [6.45, 7) is -0.0501. The number of carbonyl (C=O) groups excluding carboxylic acids is 2. The van der Waals surface area contributed by atoms with E-state index in [1.807, 2.05) is 12.1 Å². The summed E-state index contributed by atoms with van der Waals surface area (Å²) in [7, 11) is 0. The molecule has 0 radical (unpaired) electrons. The number of anilines is 3. The fourth-order valence-corrected chi connectivity index (χ4v) is 3.61. The maximum absolute atomic E-state index is 12.7. The smallest absolute Gasteiger partial charge is 0.412 e. The summed E-state index contributed by atoms with van der Waals surface area (Å²) >= 11 is 0. The van der Waals surface area contributed by atoms with Crippen LogP contribution in [0.3, 0.4) is 0 Å². The minimum atomic E-state index is -0.660. The van der Waals surface area contributed by atoms with Gasteiger partial charge >= 0.3 is 6.09 Å². The summed E-state index contributed by atoms with van der Waals surface area (Å²) in [5, 5.41) is 23.5. The number of aliphatic hydroxyl groups is 1. The second-order valence-electron chi connectivity index (χ2n) is 8.23. The fraction of sp³-hybridized carbons (Fsp3) is 0.207. The van der Waals surface area contributed by atoms with E-state index in [-0.39, 0.29) is 19.1 Å². The molecule has 0 saturated carbocycles. The second-order valence-corrected chi connectivity index (χ2v) is 8.23. The van der Waals surface area contributed by atoms with Gasteiger partial charge in [-0.1, -0.05) is 36.4 Å². The number of nitriles is 1. The number of hydrogen-bond acceptors (Lipinski definition) is 7. The average Bonchev–Trinajstić information content (AvgIpc) is 2.93. The Morgan fingerprint density at radius 2 is 1.76 bits per heavy atom. The van der Waals surface area contributed by atoms with Crippen LogP contribution in [-0.2, 0) is 9.53 Å². The van der Waals surface area contributed by atoms with Crippen LogP contribution in [0.25, 0.3) is 0 Å². The van der Waals surface area contributed by atoms with Crippen LogP contribution in [0.4, 0.5) is 21.9 Å². The van der Waals surface area contributed by atoms with Crippen molar-refractivity contribution in [2.75, 3.05) is 29.6 Å². The molecule has 0 aliphatic rings. The van der Waals surface area contributed by atoms with E-state index in [1.54, 1.807) is 72.8 Å². The van der Waals surface area contributed by atoms with Crippen molar-refractivity contribution < 1.29 is 24.2 Å². The van der Waals surface area contributed by atoms with E-state index in [0.717, 1.165) is 0 Å². The molecular formula is C29H30N4O5. The van der Waals surface area contributed by atoms with Gasteiger partial charge in [-0.2, -0.15) is 5.26 Å². The fourth-order valence-electron chi connectivity index (χ4n) is 3.61. The lowest BCUT2D eigenvalue weighted by Crippen LogP contribution is -2.18. The van der Waals surface area contributed by atoms with Crippen molar-refractivity contribution in [3.05, 3.63) is 96.1 Å². The molecule has 0 bridgehead atoms. The zero-order valence-electron chi connectivity index (χ0n) is 20.8. The number of rotatable bonds is 12. The highest BCUT2D eigenvalue weighted by molar-refractivity contribution is 6.01. The normalized spacial score (nSPS) is 11.4. The number of aliphatic hydroxyl groups excluding tert-OH is 1. The molecule has 38 heavy (non-hydrogen) atoms. The standard InChI is InChI=1S/C29H30N4O5/c30-20-21-14-16-22(17-15-21)32-29(36)38-27(23-8-4-7-11-26(23)37-19-18-34)12-2-1-3-13-28(35)33-25-10-6-5-9-24(25)31/h3-11,13-17,27,34H,1-2,12,18-19,31H2,(H,32,36)(H,33,35)/b13-3+/t27-/m1/s1. The molecule has 3 aromatic rings. The van der Waals surface area contributed by atoms with Crippen molar-refractivity contribution in [2.24, 2.45) is 0 Å². The van der Waals surface area contributed by atoms with Gasteiger partial charge in [0.1, 0.15) is 18.5 Å². The van der Waals surface area contributed by atoms with E-state index in [2.05, 4.69) is 10.6 Å². The van der Waals surface area contributed by atoms with E-state index in [4.69, 9.17) is 25.6 Å². The lowest BCUT2D eigenvalue weighted by atomic mass is 10.0. The molecule has 0 saturated heterocycles. The largest absolute Gasteiger partial charge is 0.491 e. The van der Waals surface area contributed by atoms with Gasteiger partial charge in [-0.15, -0.1) is 0 Å². The molecule has 0 fully saturated rings. The molecule has 9 nitrogen and oxygen atoms in total. The van der Waals surface area contributed by atoms with Crippen LogP contribution in [0.5, 0.6) is 5.75 Å². The number of nitrogen functional groups attached to an aromatic ring is 1. The van der Waals surface area contributed by atoms with Crippen LogP contribution in [-0.4, -0.2) is 30.3 Å². The molecule has 0 unspecified atom stereocenters. The molecule has 1 atom stereocenters. The molecule has 0 spiro atoms. The first-order valence-electron chi connectivity index (χ1n) is 12.1. The van der Waals surface area contributed by atoms with Crippen molar-refractivity contribution in [3.8, 4) is 11.8 Å². The molecule has 3 aromatic carbocycles. The monoisotopic (exact) mass is 514 g/mol. The minimum Gasteiger partial charge on any atom is -0.491 e. The van der Waals surface area contributed by atoms with Crippen LogP contribution >= 0.6 is 0 Å². The first-order chi connectivity index (χ1) is 18.5. The van der Waals surface area contributed by atoms with Crippen LogP contribution in [0.1, 0.15) is 36.5 Å². The zero-order chi connectivity index (χ0) is 27.2. The third-order valence-electron chi connectivity index (χ3n) is 5.45. The van der Waals surface area contributed by atoms with E-state index in [9.17, 15) is 9.59 Å². The van der Waals surface area contributed by atoms with Crippen LogP contribution in [0.2, 0.25) is 0 Å². The number of hydrogen-bond donors (Lipinski definition) is 4. The Kier molecular flexibility index (Phi) is 10.7. The maximum Gasteiger partial charge on any atom is 0.412 e. The Labute approximate surface area is 221 Å². The van der Waals surface area contributed by atoms with Crippen molar-refractivity contribution in [1.29, 1.82) is 5.26 Å². The molecule has 0 aromatic heterocycles. The number of allylic oxidation sites excluding steroid dienone is 1. The number of nitrogens with zero attached hydrogens (tertiary/aromatic N) is 1. The van der Waals surface area contributed by atoms with Gasteiger partial charge in [-0.05, 0) is 67.8 Å². The summed E-state index contributed by atoms with van der Waals surface area (Å²) in [5.41, 5.74) is 8.52. The van der Waals surface area contributed by atoms with Gasteiger partial charge in [0, 0.05) is 11.3 Å². The van der Waals surface area contributed by atoms with Crippen molar-refractivity contribution in [3.63, 3.8) is 0 Å². The zero-order valence-corrected chi connectivity index (χ0v) is 20.8. The van der Waals surface area contributed by atoms with Crippen molar-refractivity contribution >= 4 is 29.1 Å². The molecule has 2 amide bonds. The third-order valence-corrected chi connectivity index (χ3v) is 5.45. The Hall–Kier alpha value is -4.81. The lowest BCUT2D eigenvalue weighted by molar-refractivity contribution is -0.111. The molecule has 5 N–H and O–H groups in total. The van der Waals surface area contributed by atoms with Gasteiger partial charge in [-0.25, -0.2) is 4.79 Å². The number of nitrogens with one attached hydrogen (secondary N) is 2. The summed E-state index contributed by atoms with van der Waals surface area (Å²) in [5.74, 6) is 0.216. The van der Waals surface area contributed by atoms with Gasteiger partial charge in [0.25, 0.3) is 0 Å². The van der Waals surface area contributed by atoms with E-state index >= 15 is 0 Å². The number of nitrogens with two attached hydrogens (primary N) is 1. The Balaban J connectivity index is 1.63. The number of unbranched alkanes of at least 4 members (excludes halogenated alkanes) is 1. The van der Waals surface area contributed by atoms with Crippen molar-refractivity contribution in [1.82, 2.24) is 0 Å². The van der Waals surface area contributed by atoms with E-state index < -0.39 is 12.2 Å². The Morgan fingerprint density at radius 1 is 1.03 bits per heavy atom. The molecule has 0 aliphatic carbocycles. The first-order valence-corrected chi connectivity index (χ1v) is 12.1. The Bertz CT molecular complexity index is 1280. The average molecular weight is 515 g/mol. The van der Waals surface area contributed by atoms with Gasteiger partial charge in [0.2, 0.25) is 5.91 Å². The minimum absolute atomic E-state index is 0.102.